The van der Waals surface area contributed by atoms with Gasteiger partial charge in [0.2, 0.25) is 0 Å². The molecule has 2 N–H and O–H groups in total. The number of aromatic nitrogens is 2. The van der Waals surface area contributed by atoms with Crippen LogP contribution in [0.25, 0.3) is 0 Å². The predicted molar refractivity (Wildman–Crippen MR) is 79.3 cm³/mol. The van der Waals surface area contributed by atoms with E-state index in [0.29, 0.717) is 25.6 Å². The van der Waals surface area contributed by atoms with Crippen molar-refractivity contribution in [3.63, 3.8) is 0 Å². The number of nitrogen functional groups attached to an aromatic ring is 1. The maximum Gasteiger partial charge on any atom is 0.360 e. The van der Waals surface area contributed by atoms with E-state index in [1.165, 1.54) is 6.33 Å². The smallest absolute Gasteiger partial charge is 0.360 e. The molecule has 0 bridgehead atoms. The Balaban J connectivity index is 1.93. The van der Waals surface area contributed by atoms with E-state index < -0.39 is 5.97 Å². The molecule has 112 valence electrons. The summed E-state index contributed by atoms with van der Waals surface area (Å²) in [5.74, 6) is 0.592. The standard InChI is InChI=1S/C15H19N3O3/c1-3-20-15(19)13-14(16)18(10-17-13)7-8-21-12-6-4-5-11(2)9-12/h4-6,9-10H,3,7-8,16H2,1-2H3. The Kier molecular flexibility index (Phi) is 4.81. The molecule has 0 spiro atoms. The minimum Gasteiger partial charge on any atom is -0.492 e. The van der Waals surface area contributed by atoms with Gasteiger partial charge in [0, 0.05) is 0 Å². The minimum atomic E-state index is -0.506. The lowest BCUT2D eigenvalue weighted by Gasteiger charge is -2.08. The number of carbonyl (C=O) groups is 1. The first-order chi connectivity index (χ1) is 10.1. The summed E-state index contributed by atoms with van der Waals surface area (Å²) in [4.78, 5) is 15.6. The fraction of sp³-hybridized carbons (Fsp3) is 0.333. The second-order valence-electron chi connectivity index (χ2n) is 4.56. The average Bonchev–Trinajstić information content (AvgIpc) is 2.81. The largest absolute Gasteiger partial charge is 0.492 e. The highest BCUT2D eigenvalue weighted by molar-refractivity contribution is 5.92. The maximum absolute atomic E-state index is 11.6. The van der Waals surface area contributed by atoms with Crippen LogP contribution in [0.15, 0.2) is 30.6 Å². The molecule has 0 aliphatic carbocycles. The highest BCUT2D eigenvalue weighted by Gasteiger charge is 2.16. The van der Waals surface area contributed by atoms with Crippen LogP contribution in [-0.2, 0) is 11.3 Å². The summed E-state index contributed by atoms with van der Waals surface area (Å²) in [7, 11) is 0. The average molecular weight is 289 g/mol. The number of hydrogen-bond donors (Lipinski definition) is 1. The molecule has 0 aliphatic heterocycles. The third-order valence-corrected chi connectivity index (χ3v) is 2.94. The molecular weight excluding hydrogens is 270 g/mol. The Morgan fingerprint density at radius 1 is 1.43 bits per heavy atom. The molecule has 0 atom stereocenters. The molecular formula is C15H19N3O3. The number of aryl methyl sites for hydroxylation is 1. The molecule has 2 aromatic rings. The number of nitrogens with zero attached hydrogens (tertiary/aromatic N) is 2. The van der Waals surface area contributed by atoms with Crippen molar-refractivity contribution in [3.05, 3.63) is 41.9 Å². The van der Waals surface area contributed by atoms with Gasteiger partial charge in [-0.15, -0.1) is 0 Å². The quantitative estimate of drug-likeness (QED) is 0.823. The van der Waals surface area contributed by atoms with Crippen molar-refractivity contribution in [2.24, 2.45) is 0 Å². The molecule has 6 nitrogen and oxygen atoms in total. The molecule has 0 unspecified atom stereocenters. The first-order valence-corrected chi connectivity index (χ1v) is 6.79. The van der Waals surface area contributed by atoms with Gasteiger partial charge in [0.05, 0.1) is 19.5 Å². The van der Waals surface area contributed by atoms with Gasteiger partial charge in [0.15, 0.2) is 5.69 Å². The van der Waals surface area contributed by atoms with Crippen LogP contribution in [-0.4, -0.2) is 28.7 Å². The van der Waals surface area contributed by atoms with E-state index >= 15 is 0 Å². The first-order valence-electron chi connectivity index (χ1n) is 6.79. The van der Waals surface area contributed by atoms with Crippen LogP contribution in [0.4, 0.5) is 5.82 Å². The Bertz CT molecular complexity index is 622. The highest BCUT2D eigenvalue weighted by atomic mass is 16.5. The molecule has 0 amide bonds. The molecule has 0 saturated heterocycles. The van der Waals surface area contributed by atoms with Gasteiger partial charge in [0.25, 0.3) is 0 Å². The van der Waals surface area contributed by atoms with E-state index in [0.717, 1.165) is 11.3 Å². The second-order valence-corrected chi connectivity index (χ2v) is 4.56. The molecule has 1 aromatic carbocycles. The van der Waals surface area contributed by atoms with E-state index in [1.54, 1.807) is 11.5 Å². The lowest BCUT2D eigenvalue weighted by atomic mass is 10.2. The van der Waals surface area contributed by atoms with Gasteiger partial charge >= 0.3 is 5.97 Å². The summed E-state index contributed by atoms with van der Waals surface area (Å²) in [6.45, 7) is 4.98. The monoisotopic (exact) mass is 289 g/mol. The summed E-state index contributed by atoms with van der Waals surface area (Å²) in [6, 6.07) is 7.80. The van der Waals surface area contributed by atoms with Crippen LogP contribution in [0, 0.1) is 6.92 Å². The van der Waals surface area contributed by atoms with Crippen molar-refractivity contribution >= 4 is 11.8 Å². The SMILES string of the molecule is CCOC(=O)c1ncn(CCOc2cccc(C)c2)c1N. The van der Waals surface area contributed by atoms with Crippen LogP contribution >= 0.6 is 0 Å². The topological polar surface area (TPSA) is 79.4 Å². The summed E-state index contributed by atoms with van der Waals surface area (Å²) in [5.41, 5.74) is 7.17. The number of hydrogen-bond acceptors (Lipinski definition) is 5. The Labute approximate surface area is 123 Å². The number of esters is 1. The molecule has 1 aromatic heterocycles. The van der Waals surface area contributed by atoms with Crippen molar-refractivity contribution < 1.29 is 14.3 Å². The van der Waals surface area contributed by atoms with E-state index in [4.69, 9.17) is 15.2 Å². The Hall–Kier alpha value is -2.50. The fourth-order valence-corrected chi connectivity index (χ4v) is 1.89. The van der Waals surface area contributed by atoms with Crippen molar-refractivity contribution in [2.45, 2.75) is 20.4 Å². The Morgan fingerprint density at radius 2 is 2.24 bits per heavy atom. The third kappa shape index (κ3) is 3.75. The number of rotatable bonds is 6. The van der Waals surface area contributed by atoms with Gasteiger partial charge in [-0.25, -0.2) is 9.78 Å². The van der Waals surface area contributed by atoms with Gasteiger partial charge in [-0.3, -0.25) is 0 Å². The molecule has 0 aliphatic rings. The number of anilines is 1. The van der Waals surface area contributed by atoms with Crippen molar-refractivity contribution in [3.8, 4) is 5.75 Å². The highest BCUT2D eigenvalue weighted by Crippen LogP contribution is 2.14. The molecule has 1 heterocycles. The maximum atomic E-state index is 11.6. The summed E-state index contributed by atoms with van der Waals surface area (Å²) < 4.78 is 12.2. The first kappa shape index (κ1) is 14.9. The van der Waals surface area contributed by atoms with E-state index in [-0.39, 0.29) is 5.69 Å². The third-order valence-electron chi connectivity index (χ3n) is 2.94. The number of carbonyl (C=O) groups excluding carboxylic acids is 1. The van der Waals surface area contributed by atoms with Gasteiger partial charge in [-0.2, -0.15) is 0 Å². The summed E-state index contributed by atoms with van der Waals surface area (Å²) >= 11 is 0. The van der Waals surface area contributed by atoms with Crippen LogP contribution in [0.5, 0.6) is 5.75 Å². The zero-order chi connectivity index (χ0) is 15.2. The number of imidazole rings is 1. The van der Waals surface area contributed by atoms with Crippen molar-refractivity contribution in [2.75, 3.05) is 18.9 Å². The van der Waals surface area contributed by atoms with E-state index in [1.807, 2.05) is 31.2 Å². The van der Waals surface area contributed by atoms with Crippen LogP contribution < -0.4 is 10.5 Å². The van der Waals surface area contributed by atoms with E-state index in [2.05, 4.69) is 4.98 Å². The zero-order valence-electron chi connectivity index (χ0n) is 12.2. The number of benzene rings is 1. The number of nitrogens with two attached hydrogens (primary N) is 1. The van der Waals surface area contributed by atoms with Crippen LogP contribution in [0.1, 0.15) is 23.0 Å². The van der Waals surface area contributed by atoms with Crippen molar-refractivity contribution in [1.29, 1.82) is 0 Å². The Morgan fingerprint density at radius 3 is 2.95 bits per heavy atom. The van der Waals surface area contributed by atoms with Crippen LogP contribution in [0.3, 0.4) is 0 Å². The minimum absolute atomic E-state index is 0.146. The lowest BCUT2D eigenvalue weighted by Crippen LogP contribution is -2.12. The molecule has 0 radical (unpaired) electrons. The van der Waals surface area contributed by atoms with Gasteiger partial charge < -0.3 is 19.8 Å². The molecule has 21 heavy (non-hydrogen) atoms. The van der Waals surface area contributed by atoms with E-state index in [9.17, 15) is 4.79 Å². The predicted octanol–water partition coefficient (Wildman–Crippen LogP) is 2.03. The fourth-order valence-electron chi connectivity index (χ4n) is 1.89. The van der Waals surface area contributed by atoms with Crippen LogP contribution in [0.2, 0.25) is 0 Å². The summed E-state index contributed by atoms with van der Waals surface area (Å²) in [6.07, 6.45) is 1.52. The molecule has 0 saturated carbocycles. The lowest BCUT2D eigenvalue weighted by molar-refractivity contribution is 0.0521. The van der Waals surface area contributed by atoms with Gasteiger partial charge in [0.1, 0.15) is 18.2 Å². The van der Waals surface area contributed by atoms with Gasteiger partial charge in [-0.1, -0.05) is 12.1 Å². The molecule has 2 rings (SSSR count). The van der Waals surface area contributed by atoms with Gasteiger partial charge in [-0.05, 0) is 31.5 Å². The normalized spacial score (nSPS) is 10.4. The van der Waals surface area contributed by atoms with Crippen molar-refractivity contribution in [1.82, 2.24) is 9.55 Å². The second kappa shape index (κ2) is 6.78. The summed E-state index contributed by atoms with van der Waals surface area (Å²) in [5, 5.41) is 0. The molecule has 6 heteroatoms. The zero-order valence-corrected chi connectivity index (χ0v) is 12.2. The molecule has 0 fully saturated rings. The number of ether oxygens (including phenoxy) is 2.